The normalized spacial score (nSPS) is 19.3. The van der Waals surface area contributed by atoms with Crippen LogP contribution >= 0.6 is 0 Å². The lowest BCUT2D eigenvalue weighted by Gasteiger charge is -2.39. The Bertz CT molecular complexity index is 1580. The molecule has 3 aliphatic heterocycles. The predicted molar refractivity (Wildman–Crippen MR) is 184 cm³/mol. The number of ether oxygens (including phenoxy) is 3. The Morgan fingerprint density at radius 3 is 2.43 bits per heavy atom. The molecule has 0 saturated carbocycles. The van der Waals surface area contributed by atoms with E-state index in [-0.39, 0.29) is 30.0 Å². The summed E-state index contributed by atoms with van der Waals surface area (Å²) in [6, 6.07) is 10.7. The van der Waals surface area contributed by atoms with Gasteiger partial charge in [-0.2, -0.15) is 0 Å². The minimum absolute atomic E-state index is 0.0234. The van der Waals surface area contributed by atoms with Crippen LogP contribution in [0.4, 0.5) is 10.3 Å². The summed E-state index contributed by atoms with van der Waals surface area (Å²) in [5, 5.41) is 3.07. The topological polar surface area (TPSA) is 109 Å². The van der Waals surface area contributed by atoms with E-state index >= 15 is 4.39 Å². The number of carbonyl (C=O) groups is 2. The Kier molecular flexibility index (Phi) is 11.4. The first-order valence-corrected chi connectivity index (χ1v) is 17.3. The number of halogens is 1. The molecule has 3 aromatic rings. The maximum Gasteiger partial charge on any atom is 0.254 e. The van der Waals surface area contributed by atoms with Gasteiger partial charge in [-0.15, -0.1) is 0 Å². The lowest BCUT2D eigenvalue weighted by atomic mass is 9.99. The van der Waals surface area contributed by atoms with E-state index in [1.165, 1.54) is 12.1 Å². The monoisotopic (exact) mass is 674 g/mol. The number of piperidine rings is 1. The van der Waals surface area contributed by atoms with Crippen LogP contribution in [0.5, 0.6) is 11.5 Å². The van der Waals surface area contributed by atoms with Gasteiger partial charge in [0.05, 0.1) is 12.2 Å². The van der Waals surface area contributed by atoms with Crippen molar-refractivity contribution in [2.75, 3.05) is 65.1 Å². The SMILES string of the molecule is COCCN(C)c1ncc(-c2ccc(Oc3cc(C(=O)NC4CCN(C5CCOCC5)CC4)c(F)cc3CN3C[C@@H](C)CC3=O)cc2)cn1. The van der Waals surface area contributed by atoms with Gasteiger partial charge in [0.2, 0.25) is 11.9 Å². The molecule has 4 heterocycles. The van der Waals surface area contributed by atoms with Crippen molar-refractivity contribution in [3.63, 3.8) is 0 Å². The molecule has 12 heteroatoms. The molecule has 0 spiro atoms. The molecular weight excluding hydrogens is 627 g/mol. The number of carbonyl (C=O) groups excluding carboxylic acids is 2. The third-order valence-corrected chi connectivity index (χ3v) is 9.76. The first-order valence-electron chi connectivity index (χ1n) is 17.3. The highest BCUT2D eigenvalue weighted by molar-refractivity contribution is 5.95. The van der Waals surface area contributed by atoms with E-state index in [9.17, 15) is 9.59 Å². The first-order chi connectivity index (χ1) is 23.8. The second-order valence-electron chi connectivity index (χ2n) is 13.5. The van der Waals surface area contributed by atoms with E-state index in [0.717, 1.165) is 63.1 Å². The number of hydrogen-bond donors (Lipinski definition) is 1. The molecule has 49 heavy (non-hydrogen) atoms. The first kappa shape index (κ1) is 34.7. The summed E-state index contributed by atoms with van der Waals surface area (Å²) in [6.45, 7) is 7.45. The van der Waals surface area contributed by atoms with Gasteiger partial charge in [-0.1, -0.05) is 19.1 Å². The van der Waals surface area contributed by atoms with Crippen molar-refractivity contribution in [2.45, 2.75) is 57.7 Å². The Labute approximate surface area is 287 Å². The average Bonchev–Trinajstić information content (AvgIpc) is 3.44. The summed E-state index contributed by atoms with van der Waals surface area (Å²) in [5.41, 5.74) is 2.18. The van der Waals surface area contributed by atoms with Gasteiger partial charge in [-0.05, 0) is 61.4 Å². The van der Waals surface area contributed by atoms with E-state index in [0.29, 0.717) is 55.2 Å². The smallest absolute Gasteiger partial charge is 0.254 e. The molecule has 3 aliphatic rings. The van der Waals surface area contributed by atoms with Crippen LogP contribution in [0.25, 0.3) is 11.1 Å². The summed E-state index contributed by atoms with van der Waals surface area (Å²) < 4.78 is 32.6. The standard InChI is InChI=1S/C37H47FN6O5/c1-25-18-35(45)44(23-25)24-27-19-33(38)32(36(46)41-29-8-12-43(13-9-29)30-10-15-48-16-11-30)20-34(27)49-31-6-4-26(5-7-31)28-21-39-37(40-22-28)42(2)14-17-47-3/h4-7,19-22,25,29-30H,8-18,23-24H2,1-3H3,(H,41,46)/t25-/m0/s1. The molecule has 1 N–H and O–H groups in total. The number of methoxy groups -OCH3 is 1. The number of nitrogens with zero attached hydrogens (tertiary/aromatic N) is 5. The molecule has 3 saturated heterocycles. The van der Waals surface area contributed by atoms with Crippen molar-refractivity contribution in [2.24, 2.45) is 5.92 Å². The van der Waals surface area contributed by atoms with Gasteiger partial charge in [-0.3, -0.25) is 9.59 Å². The molecule has 1 aromatic heterocycles. The Balaban J connectivity index is 1.16. The molecule has 11 nitrogen and oxygen atoms in total. The van der Waals surface area contributed by atoms with Crippen LogP contribution < -0.4 is 15.0 Å². The highest BCUT2D eigenvalue weighted by Gasteiger charge is 2.30. The zero-order valence-corrected chi connectivity index (χ0v) is 28.7. The van der Waals surface area contributed by atoms with Crippen LogP contribution in [0.3, 0.4) is 0 Å². The van der Waals surface area contributed by atoms with Gasteiger partial charge in [0.25, 0.3) is 5.91 Å². The summed E-state index contributed by atoms with van der Waals surface area (Å²) in [7, 11) is 3.57. The summed E-state index contributed by atoms with van der Waals surface area (Å²) >= 11 is 0. The fourth-order valence-electron chi connectivity index (χ4n) is 6.88. The van der Waals surface area contributed by atoms with E-state index in [4.69, 9.17) is 14.2 Å². The van der Waals surface area contributed by atoms with E-state index in [1.54, 1.807) is 24.4 Å². The van der Waals surface area contributed by atoms with Crippen molar-refractivity contribution in [1.82, 2.24) is 25.1 Å². The van der Waals surface area contributed by atoms with Gasteiger partial charge < -0.3 is 34.2 Å². The maximum atomic E-state index is 15.6. The number of aromatic nitrogens is 2. The van der Waals surface area contributed by atoms with Crippen molar-refractivity contribution >= 4 is 17.8 Å². The molecule has 2 aromatic carbocycles. The summed E-state index contributed by atoms with van der Waals surface area (Å²) in [4.78, 5) is 41.2. The molecular formula is C37H47FN6O5. The summed E-state index contributed by atoms with van der Waals surface area (Å²) in [6.07, 6.45) is 7.70. The predicted octanol–water partition coefficient (Wildman–Crippen LogP) is 4.90. The minimum Gasteiger partial charge on any atom is -0.457 e. The molecule has 0 aliphatic carbocycles. The van der Waals surface area contributed by atoms with Crippen LogP contribution in [-0.4, -0.2) is 104 Å². The molecule has 6 rings (SSSR count). The zero-order valence-electron chi connectivity index (χ0n) is 28.7. The third kappa shape index (κ3) is 8.73. The van der Waals surface area contributed by atoms with Crippen LogP contribution in [0.1, 0.15) is 54.9 Å². The van der Waals surface area contributed by atoms with Crippen LogP contribution in [0, 0.1) is 11.7 Å². The molecule has 0 unspecified atom stereocenters. The number of amides is 2. The molecule has 3 fully saturated rings. The van der Waals surface area contributed by atoms with E-state index in [2.05, 4.69) is 20.2 Å². The van der Waals surface area contributed by atoms with Crippen molar-refractivity contribution in [3.8, 4) is 22.6 Å². The van der Waals surface area contributed by atoms with Gasteiger partial charge in [0.1, 0.15) is 17.3 Å². The molecule has 0 bridgehead atoms. The van der Waals surface area contributed by atoms with Crippen molar-refractivity contribution < 1.29 is 28.2 Å². The molecule has 1 atom stereocenters. The number of likely N-dealkylation sites (tertiary alicyclic amines) is 2. The highest BCUT2D eigenvalue weighted by Crippen LogP contribution is 2.33. The Hall–Kier alpha value is -4.13. The lowest BCUT2D eigenvalue weighted by molar-refractivity contribution is -0.128. The van der Waals surface area contributed by atoms with Crippen molar-refractivity contribution in [3.05, 3.63) is 65.7 Å². The fraction of sp³-hybridized carbons (Fsp3) is 0.514. The van der Waals surface area contributed by atoms with Crippen LogP contribution in [-0.2, 0) is 20.8 Å². The number of hydrogen-bond acceptors (Lipinski definition) is 9. The van der Waals surface area contributed by atoms with E-state index < -0.39 is 11.7 Å². The number of anilines is 1. The molecule has 262 valence electrons. The van der Waals surface area contributed by atoms with Crippen LogP contribution in [0.2, 0.25) is 0 Å². The largest absolute Gasteiger partial charge is 0.457 e. The highest BCUT2D eigenvalue weighted by atomic mass is 19.1. The van der Waals surface area contributed by atoms with E-state index in [1.807, 2.05) is 43.1 Å². The Morgan fingerprint density at radius 2 is 1.78 bits per heavy atom. The Morgan fingerprint density at radius 1 is 1.06 bits per heavy atom. The fourth-order valence-corrected chi connectivity index (χ4v) is 6.88. The van der Waals surface area contributed by atoms with Gasteiger partial charge in [0.15, 0.2) is 0 Å². The van der Waals surface area contributed by atoms with Gasteiger partial charge >= 0.3 is 0 Å². The second-order valence-corrected chi connectivity index (χ2v) is 13.5. The molecule has 2 amide bonds. The van der Waals surface area contributed by atoms with Gasteiger partial charge in [-0.25, -0.2) is 14.4 Å². The lowest BCUT2D eigenvalue weighted by Crippen LogP contribution is -2.49. The maximum absolute atomic E-state index is 15.6. The third-order valence-electron chi connectivity index (χ3n) is 9.76. The zero-order chi connectivity index (χ0) is 34.3. The minimum atomic E-state index is -0.633. The average molecular weight is 675 g/mol. The number of rotatable bonds is 12. The second kappa shape index (κ2) is 16.1. The molecule has 0 radical (unpaired) electrons. The quantitative estimate of drug-likeness (QED) is 0.287. The van der Waals surface area contributed by atoms with Crippen molar-refractivity contribution in [1.29, 1.82) is 0 Å². The van der Waals surface area contributed by atoms with Gasteiger partial charge in [0, 0.05) is 102 Å². The number of likely N-dealkylation sites (N-methyl/N-ethyl adjacent to an activating group) is 1. The summed E-state index contributed by atoms with van der Waals surface area (Å²) in [5.74, 6) is 0.614. The number of benzene rings is 2. The van der Waals surface area contributed by atoms with Crippen LogP contribution in [0.15, 0.2) is 48.8 Å². The number of nitrogens with one attached hydrogen (secondary N) is 1.